The zero-order valence-corrected chi connectivity index (χ0v) is 13.8. The molecular weight excluding hydrogens is 328 g/mol. The number of amides is 2. The predicted molar refractivity (Wildman–Crippen MR) is 92.3 cm³/mol. The van der Waals surface area contributed by atoms with Crippen LogP contribution in [0, 0.1) is 0 Å². The van der Waals surface area contributed by atoms with Crippen LogP contribution in [0.4, 0.5) is 11.4 Å². The van der Waals surface area contributed by atoms with Crippen molar-refractivity contribution in [3.63, 3.8) is 0 Å². The Hall–Kier alpha value is -2.61. The van der Waals surface area contributed by atoms with Gasteiger partial charge in [-0.15, -0.1) is 0 Å². The first-order valence-corrected chi connectivity index (χ1v) is 8.39. The Balaban J connectivity index is 1.68. The van der Waals surface area contributed by atoms with Crippen LogP contribution in [0.2, 0.25) is 0 Å². The molecule has 1 aliphatic rings. The lowest BCUT2D eigenvalue weighted by molar-refractivity contribution is -0.117. The van der Waals surface area contributed by atoms with Gasteiger partial charge in [0.1, 0.15) is 0 Å². The molecule has 2 aromatic rings. The molecule has 7 nitrogen and oxygen atoms in total. The standard InChI is InChI=1S/C16H16N4O3S/c1-10(21)18-11-3-2-4-12(7-11)19-14(22)8-13-9-24-16-17-6-5-15(23)20(13)16/h2-7,13H,8-9H2,1H3,(H,18,21)(H,19,22). The van der Waals surface area contributed by atoms with Crippen LogP contribution in [-0.4, -0.2) is 27.1 Å². The molecular formula is C16H16N4O3S. The van der Waals surface area contributed by atoms with Crippen LogP contribution in [-0.2, 0) is 9.59 Å². The van der Waals surface area contributed by atoms with Crippen LogP contribution in [0.1, 0.15) is 19.4 Å². The summed E-state index contributed by atoms with van der Waals surface area (Å²) in [6.45, 7) is 1.42. The molecule has 124 valence electrons. The molecule has 1 aliphatic heterocycles. The van der Waals surface area contributed by atoms with Gasteiger partial charge in [-0.3, -0.25) is 19.0 Å². The van der Waals surface area contributed by atoms with Crippen LogP contribution >= 0.6 is 11.8 Å². The van der Waals surface area contributed by atoms with Gasteiger partial charge >= 0.3 is 0 Å². The summed E-state index contributed by atoms with van der Waals surface area (Å²) in [5.74, 6) is 0.278. The van der Waals surface area contributed by atoms with E-state index in [1.165, 1.54) is 30.9 Å². The van der Waals surface area contributed by atoms with Crippen molar-refractivity contribution in [2.75, 3.05) is 16.4 Å². The first kappa shape index (κ1) is 16.3. The Bertz CT molecular complexity index is 849. The van der Waals surface area contributed by atoms with Gasteiger partial charge in [-0.05, 0) is 18.2 Å². The number of thioether (sulfide) groups is 1. The Morgan fingerprint density at radius 3 is 2.79 bits per heavy atom. The molecule has 0 spiro atoms. The summed E-state index contributed by atoms with van der Waals surface area (Å²) in [7, 11) is 0. The number of anilines is 2. The summed E-state index contributed by atoms with van der Waals surface area (Å²) in [5, 5.41) is 6.11. The lowest BCUT2D eigenvalue weighted by atomic mass is 10.2. The third kappa shape index (κ3) is 3.65. The summed E-state index contributed by atoms with van der Waals surface area (Å²) in [4.78, 5) is 39.5. The monoisotopic (exact) mass is 344 g/mol. The first-order valence-electron chi connectivity index (χ1n) is 7.41. The van der Waals surface area contributed by atoms with E-state index in [0.717, 1.165) is 0 Å². The Morgan fingerprint density at radius 2 is 2.04 bits per heavy atom. The molecule has 2 N–H and O–H groups in total. The summed E-state index contributed by atoms with van der Waals surface area (Å²) < 4.78 is 1.57. The van der Waals surface area contributed by atoms with Crippen molar-refractivity contribution < 1.29 is 9.59 Å². The van der Waals surface area contributed by atoms with Crippen molar-refractivity contribution in [1.82, 2.24) is 9.55 Å². The number of benzene rings is 1. The van der Waals surface area contributed by atoms with Gasteiger partial charge in [-0.25, -0.2) is 4.98 Å². The summed E-state index contributed by atoms with van der Waals surface area (Å²) in [6, 6.07) is 8.11. The minimum Gasteiger partial charge on any atom is -0.326 e. The molecule has 3 rings (SSSR count). The molecule has 1 atom stereocenters. The molecule has 2 heterocycles. The van der Waals surface area contributed by atoms with Crippen molar-refractivity contribution in [2.45, 2.75) is 24.5 Å². The molecule has 0 saturated heterocycles. The number of carbonyl (C=O) groups is 2. The van der Waals surface area contributed by atoms with Crippen molar-refractivity contribution in [3.05, 3.63) is 46.9 Å². The van der Waals surface area contributed by atoms with Crippen LogP contribution in [0.3, 0.4) is 0 Å². The maximum absolute atomic E-state index is 12.3. The third-order valence-electron chi connectivity index (χ3n) is 3.50. The fourth-order valence-electron chi connectivity index (χ4n) is 2.54. The lowest BCUT2D eigenvalue weighted by Crippen LogP contribution is -2.26. The number of rotatable bonds is 4. The maximum atomic E-state index is 12.3. The predicted octanol–water partition coefficient (Wildman–Crippen LogP) is 1.88. The molecule has 1 aromatic heterocycles. The summed E-state index contributed by atoms with van der Waals surface area (Å²) >= 11 is 1.47. The van der Waals surface area contributed by atoms with E-state index in [2.05, 4.69) is 15.6 Å². The van der Waals surface area contributed by atoms with Gasteiger partial charge in [-0.2, -0.15) is 0 Å². The second kappa shape index (κ2) is 6.88. The van der Waals surface area contributed by atoms with E-state index in [1.807, 2.05) is 0 Å². The lowest BCUT2D eigenvalue weighted by Gasteiger charge is -2.13. The van der Waals surface area contributed by atoms with E-state index in [1.54, 1.807) is 28.8 Å². The average molecular weight is 344 g/mol. The molecule has 2 amide bonds. The molecule has 0 fully saturated rings. The van der Waals surface area contributed by atoms with E-state index in [-0.39, 0.29) is 29.8 Å². The zero-order chi connectivity index (χ0) is 17.1. The van der Waals surface area contributed by atoms with E-state index in [4.69, 9.17) is 0 Å². The van der Waals surface area contributed by atoms with Crippen LogP contribution < -0.4 is 16.2 Å². The SMILES string of the molecule is CC(=O)Nc1cccc(NC(=O)CC2CSc3nccc(=O)n32)c1. The van der Waals surface area contributed by atoms with Crippen LogP contribution in [0.15, 0.2) is 46.5 Å². The van der Waals surface area contributed by atoms with Crippen molar-refractivity contribution >= 4 is 35.0 Å². The largest absolute Gasteiger partial charge is 0.326 e. The molecule has 1 unspecified atom stereocenters. The molecule has 0 saturated carbocycles. The van der Waals surface area contributed by atoms with Gasteiger partial charge in [0.15, 0.2) is 5.16 Å². The van der Waals surface area contributed by atoms with Gasteiger partial charge in [0, 0.05) is 42.7 Å². The molecule has 0 aliphatic carbocycles. The van der Waals surface area contributed by atoms with E-state index < -0.39 is 0 Å². The highest BCUT2D eigenvalue weighted by atomic mass is 32.2. The van der Waals surface area contributed by atoms with Crippen LogP contribution in [0.25, 0.3) is 0 Å². The summed E-state index contributed by atoms with van der Waals surface area (Å²) in [6.07, 6.45) is 1.67. The van der Waals surface area contributed by atoms with E-state index in [9.17, 15) is 14.4 Å². The van der Waals surface area contributed by atoms with Gasteiger partial charge in [0.25, 0.3) is 5.56 Å². The molecule has 0 bridgehead atoms. The molecule has 8 heteroatoms. The van der Waals surface area contributed by atoms with E-state index in [0.29, 0.717) is 22.3 Å². The smallest absolute Gasteiger partial charge is 0.254 e. The Labute approximate surface area is 142 Å². The van der Waals surface area contributed by atoms with Crippen LogP contribution in [0.5, 0.6) is 0 Å². The van der Waals surface area contributed by atoms with Crippen molar-refractivity contribution in [3.8, 4) is 0 Å². The minimum atomic E-state index is -0.204. The highest BCUT2D eigenvalue weighted by molar-refractivity contribution is 7.99. The zero-order valence-electron chi connectivity index (χ0n) is 13.0. The van der Waals surface area contributed by atoms with Gasteiger partial charge < -0.3 is 10.6 Å². The fourth-order valence-corrected chi connectivity index (χ4v) is 3.67. The second-order valence-electron chi connectivity index (χ2n) is 5.41. The van der Waals surface area contributed by atoms with Crippen molar-refractivity contribution in [2.24, 2.45) is 0 Å². The number of nitrogens with one attached hydrogen (secondary N) is 2. The Morgan fingerprint density at radius 1 is 1.29 bits per heavy atom. The number of fused-ring (bicyclic) bond motifs is 1. The maximum Gasteiger partial charge on any atom is 0.254 e. The normalized spacial score (nSPS) is 15.6. The van der Waals surface area contributed by atoms with E-state index >= 15 is 0 Å². The highest BCUT2D eigenvalue weighted by Crippen LogP contribution is 2.31. The third-order valence-corrected chi connectivity index (χ3v) is 4.62. The number of hydrogen-bond donors (Lipinski definition) is 2. The average Bonchev–Trinajstić information content (AvgIpc) is 2.91. The topological polar surface area (TPSA) is 93.1 Å². The van der Waals surface area contributed by atoms with Gasteiger partial charge in [-0.1, -0.05) is 17.8 Å². The minimum absolute atomic E-state index is 0.143. The Kier molecular flexibility index (Phi) is 4.66. The highest BCUT2D eigenvalue weighted by Gasteiger charge is 2.26. The number of hydrogen-bond acceptors (Lipinski definition) is 5. The summed E-state index contributed by atoms with van der Waals surface area (Å²) in [5.41, 5.74) is 1.06. The van der Waals surface area contributed by atoms with Crippen molar-refractivity contribution in [1.29, 1.82) is 0 Å². The molecule has 1 aromatic carbocycles. The van der Waals surface area contributed by atoms with Gasteiger partial charge in [0.2, 0.25) is 11.8 Å². The first-order chi connectivity index (χ1) is 11.5. The fraction of sp³-hybridized carbons (Fsp3) is 0.250. The number of aromatic nitrogens is 2. The molecule has 0 radical (unpaired) electrons. The number of carbonyl (C=O) groups excluding carboxylic acids is 2. The molecule has 24 heavy (non-hydrogen) atoms. The number of nitrogens with zero attached hydrogens (tertiary/aromatic N) is 2. The quantitative estimate of drug-likeness (QED) is 0.826. The second-order valence-corrected chi connectivity index (χ2v) is 6.40. The van der Waals surface area contributed by atoms with Gasteiger partial charge in [0.05, 0.1) is 6.04 Å².